The van der Waals surface area contributed by atoms with E-state index in [4.69, 9.17) is 16.6 Å². The highest BCUT2D eigenvalue weighted by Gasteiger charge is 2.20. The summed E-state index contributed by atoms with van der Waals surface area (Å²) in [7, 11) is 0. The van der Waals surface area contributed by atoms with E-state index in [9.17, 15) is 4.79 Å². The van der Waals surface area contributed by atoms with Crippen LogP contribution in [0.4, 0.5) is 5.82 Å². The third kappa shape index (κ3) is 2.38. The molecule has 1 aromatic carbocycles. The molecule has 104 valence electrons. The van der Waals surface area contributed by atoms with E-state index in [0.717, 1.165) is 48.2 Å². The molecule has 1 saturated heterocycles. The van der Waals surface area contributed by atoms with E-state index in [2.05, 4.69) is 4.90 Å². The molecular formula is C16H17ClN2O. The Labute approximate surface area is 123 Å². The highest BCUT2D eigenvalue weighted by atomic mass is 35.5. The summed E-state index contributed by atoms with van der Waals surface area (Å²) in [5, 5.41) is 0.538. The zero-order valence-electron chi connectivity index (χ0n) is 11.5. The summed E-state index contributed by atoms with van der Waals surface area (Å²) in [6.45, 7) is 3.93. The van der Waals surface area contributed by atoms with E-state index in [0.29, 0.717) is 5.56 Å². The number of carbonyl (C=O) groups is 1. The third-order valence-corrected chi connectivity index (χ3v) is 4.10. The second-order valence-electron chi connectivity index (χ2n) is 5.33. The van der Waals surface area contributed by atoms with Crippen LogP contribution in [0.15, 0.2) is 24.3 Å². The number of piperidine rings is 1. The topological polar surface area (TPSA) is 33.2 Å². The predicted molar refractivity (Wildman–Crippen MR) is 82.7 cm³/mol. The summed E-state index contributed by atoms with van der Waals surface area (Å²) < 4.78 is 0. The molecule has 2 heterocycles. The van der Waals surface area contributed by atoms with Gasteiger partial charge in [-0.25, -0.2) is 4.98 Å². The first-order valence-corrected chi connectivity index (χ1v) is 7.40. The van der Waals surface area contributed by atoms with Gasteiger partial charge in [0.05, 0.1) is 11.1 Å². The Hall–Kier alpha value is -1.61. The number of carbonyl (C=O) groups excluding carboxylic acids is 1. The molecule has 0 amide bonds. The number of fused-ring (bicyclic) bond motifs is 1. The summed E-state index contributed by atoms with van der Waals surface area (Å²) in [6.07, 6.45) is 3.53. The monoisotopic (exact) mass is 288 g/mol. The lowest BCUT2D eigenvalue weighted by molar-refractivity contribution is 0.108. The lowest BCUT2D eigenvalue weighted by Gasteiger charge is -2.29. The van der Waals surface area contributed by atoms with E-state index in [1.807, 2.05) is 31.2 Å². The first kappa shape index (κ1) is 13.4. The first-order chi connectivity index (χ1) is 9.66. The van der Waals surface area contributed by atoms with Gasteiger partial charge in [0, 0.05) is 18.5 Å². The van der Waals surface area contributed by atoms with E-state index >= 15 is 0 Å². The Morgan fingerprint density at radius 1 is 1.25 bits per heavy atom. The Morgan fingerprint density at radius 2 is 2.00 bits per heavy atom. The minimum Gasteiger partial charge on any atom is -0.356 e. The molecule has 20 heavy (non-hydrogen) atoms. The van der Waals surface area contributed by atoms with Crippen molar-refractivity contribution in [3.8, 4) is 0 Å². The van der Waals surface area contributed by atoms with Gasteiger partial charge in [0.25, 0.3) is 5.24 Å². The van der Waals surface area contributed by atoms with Crippen LogP contribution in [0.25, 0.3) is 10.9 Å². The van der Waals surface area contributed by atoms with Gasteiger partial charge in [-0.15, -0.1) is 0 Å². The Bertz CT molecular complexity index is 663. The fraction of sp³-hybridized carbons (Fsp3) is 0.375. The number of benzene rings is 1. The van der Waals surface area contributed by atoms with Gasteiger partial charge in [-0.2, -0.15) is 0 Å². The second-order valence-corrected chi connectivity index (χ2v) is 5.67. The molecule has 1 fully saturated rings. The number of halogens is 1. The average Bonchev–Trinajstić information content (AvgIpc) is 2.47. The number of rotatable bonds is 2. The number of aromatic nitrogens is 1. The minimum atomic E-state index is -0.429. The fourth-order valence-corrected chi connectivity index (χ4v) is 2.97. The minimum absolute atomic E-state index is 0.429. The normalized spacial score (nSPS) is 15.6. The van der Waals surface area contributed by atoms with Gasteiger partial charge in [-0.3, -0.25) is 4.79 Å². The van der Waals surface area contributed by atoms with E-state index in [1.54, 1.807) is 0 Å². The van der Waals surface area contributed by atoms with Gasteiger partial charge in [0.1, 0.15) is 5.82 Å². The van der Waals surface area contributed by atoms with Gasteiger partial charge in [-0.1, -0.05) is 18.2 Å². The van der Waals surface area contributed by atoms with Crippen LogP contribution in [0.5, 0.6) is 0 Å². The van der Waals surface area contributed by atoms with Crippen LogP contribution >= 0.6 is 11.6 Å². The average molecular weight is 289 g/mol. The molecule has 3 nitrogen and oxygen atoms in total. The number of nitrogens with zero attached hydrogens (tertiary/aromatic N) is 2. The van der Waals surface area contributed by atoms with Crippen molar-refractivity contribution in [1.29, 1.82) is 0 Å². The van der Waals surface area contributed by atoms with Crippen molar-refractivity contribution >= 4 is 33.6 Å². The Morgan fingerprint density at radius 3 is 2.70 bits per heavy atom. The number of hydrogen-bond acceptors (Lipinski definition) is 3. The molecule has 4 heteroatoms. The summed E-state index contributed by atoms with van der Waals surface area (Å²) >= 11 is 5.76. The van der Waals surface area contributed by atoms with E-state index in [-0.39, 0.29) is 0 Å². The first-order valence-electron chi connectivity index (χ1n) is 7.02. The van der Waals surface area contributed by atoms with Crippen LogP contribution in [-0.2, 0) is 0 Å². The largest absolute Gasteiger partial charge is 0.356 e. The van der Waals surface area contributed by atoms with Crippen molar-refractivity contribution in [2.75, 3.05) is 18.0 Å². The van der Waals surface area contributed by atoms with Crippen LogP contribution in [0.2, 0.25) is 0 Å². The Balaban J connectivity index is 2.19. The lowest BCUT2D eigenvalue weighted by atomic mass is 10.1. The molecule has 2 aromatic rings. The lowest BCUT2D eigenvalue weighted by Crippen LogP contribution is -2.31. The molecule has 0 radical (unpaired) electrons. The molecule has 0 aliphatic carbocycles. The highest BCUT2D eigenvalue weighted by molar-refractivity contribution is 6.68. The third-order valence-electron chi connectivity index (χ3n) is 3.89. The molecule has 3 rings (SSSR count). The molecule has 0 saturated carbocycles. The maximum absolute atomic E-state index is 11.7. The standard InChI is InChI=1S/C16H17ClN2O/c1-11-6-5-7-12-10-13(15(17)20)16(18-14(11)12)19-8-3-2-4-9-19/h5-7,10H,2-4,8-9H2,1H3. The van der Waals surface area contributed by atoms with Crippen molar-refractivity contribution in [1.82, 2.24) is 4.98 Å². The molecule has 0 N–H and O–H groups in total. The van der Waals surface area contributed by atoms with Gasteiger partial charge in [0.15, 0.2) is 0 Å². The van der Waals surface area contributed by atoms with Gasteiger partial charge in [0.2, 0.25) is 0 Å². The van der Waals surface area contributed by atoms with Crippen LogP contribution < -0.4 is 4.90 Å². The SMILES string of the molecule is Cc1cccc2cc(C(=O)Cl)c(N3CCCCC3)nc12. The smallest absolute Gasteiger partial charge is 0.256 e. The maximum atomic E-state index is 11.7. The van der Waals surface area contributed by atoms with E-state index < -0.39 is 5.24 Å². The molecular weight excluding hydrogens is 272 g/mol. The highest BCUT2D eigenvalue weighted by Crippen LogP contribution is 2.28. The van der Waals surface area contributed by atoms with Crippen molar-refractivity contribution in [3.63, 3.8) is 0 Å². The molecule has 0 spiro atoms. The maximum Gasteiger partial charge on any atom is 0.256 e. The van der Waals surface area contributed by atoms with Gasteiger partial charge >= 0.3 is 0 Å². The van der Waals surface area contributed by atoms with Crippen molar-refractivity contribution in [2.45, 2.75) is 26.2 Å². The Kier molecular flexibility index (Phi) is 3.62. The van der Waals surface area contributed by atoms with E-state index in [1.165, 1.54) is 6.42 Å². The molecule has 0 bridgehead atoms. The van der Waals surface area contributed by atoms with Gasteiger partial charge in [-0.05, 0) is 49.4 Å². The number of pyridine rings is 1. The summed E-state index contributed by atoms with van der Waals surface area (Å²) in [4.78, 5) is 18.7. The number of hydrogen-bond donors (Lipinski definition) is 0. The molecule has 1 aliphatic rings. The predicted octanol–water partition coefficient (Wildman–Crippen LogP) is 3.91. The van der Waals surface area contributed by atoms with Crippen LogP contribution in [0.3, 0.4) is 0 Å². The fourth-order valence-electron chi connectivity index (χ4n) is 2.83. The molecule has 1 aliphatic heterocycles. The van der Waals surface area contributed by atoms with Crippen molar-refractivity contribution in [2.24, 2.45) is 0 Å². The van der Waals surface area contributed by atoms with Crippen LogP contribution in [0.1, 0.15) is 35.2 Å². The molecule has 1 aromatic heterocycles. The second kappa shape index (κ2) is 5.41. The number of anilines is 1. The summed E-state index contributed by atoms with van der Waals surface area (Å²) in [6, 6.07) is 7.85. The molecule has 0 unspecified atom stereocenters. The van der Waals surface area contributed by atoms with Crippen LogP contribution in [0, 0.1) is 6.92 Å². The number of para-hydroxylation sites is 1. The van der Waals surface area contributed by atoms with Crippen LogP contribution in [-0.4, -0.2) is 23.3 Å². The zero-order chi connectivity index (χ0) is 14.1. The quantitative estimate of drug-likeness (QED) is 0.786. The zero-order valence-corrected chi connectivity index (χ0v) is 12.3. The summed E-state index contributed by atoms with van der Waals surface area (Å²) in [5.41, 5.74) is 2.59. The number of aryl methyl sites for hydroxylation is 1. The molecule has 0 atom stereocenters. The van der Waals surface area contributed by atoms with Crippen molar-refractivity contribution < 1.29 is 4.79 Å². The van der Waals surface area contributed by atoms with Gasteiger partial charge < -0.3 is 4.90 Å². The van der Waals surface area contributed by atoms with Crippen molar-refractivity contribution in [3.05, 3.63) is 35.4 Å². The summed E-state index contributed by atoms with van der Waals surface area (Å²) in [5.74, 6) is 0.742.